The van der Waals surface area contributed by atoms with Crippen LogP contribution in [-0.4, -0.2) is 23.3 Å². The Kier molecular flexibility index (Phi) is 4.30. The normalized spacial score (nSPS) is 17.4. The molecule has 1 aromatic carbocycles. The van der Waals surface area contributed by atoms with Crippen molar-refractivity contribution < 1.29 is 9.59 Å². The lowest BCUT2D eigenvalue weighted by atomic mass is 10.1. The van der Waals surface area contributed by atoms with Gasteiger partial charge in [0.25, 0.3) is 0 Å². The van der Waals surface area contributed by atoms with Gasteiger partial charge >= 0.3 is 0 Å². The van der Waals surface area contributed by atoms with Crippen LogP contribution in [0.5, 0.6) is 0 Å². The van der Waals surface area contributed by atoms with Crippen LogP contribution in [0.25, 0.3) is 0 Å². The maximum absolute atomic E-state index is 12.3. The first-order chi connectivity index (χ1) is 11.0. The van der Waals surface area contributed by atoms with Crippen LogP contribution in [0.3, 0.4) is 0 Å². The number of rotatable bonds is 3. The minimum Gasteiger partial charge on any atom is -0.326 e. The number of benzene rings is 1. The minimum atomic E-state index is -0.379. The monoisotopic (exact) mass is 329 g/mol. The molecule has 0 spiro atoms. The second kappa shape index (κ2) is 6.38. The van der Waals surface area contributed by atoms with Crippen LogP contribution in [0.15, 0.2) is 42.7 Å². The molecule has 0 aliphatic carbocycles. The van der Waals surface area contributed by atoms with Gasteiger partial charge in [0.15, 0.2) is 0 Å². The summed E-state index contributed by atoms with van der Waals surface area (Å²) in [5.74, 6) is -0.610. The van der Waals surface area contributed by atoms with E-state index in [0.717, 1.165) is 11.3 Å². The molecule has 23 heavy (non-hydrogen) atoms. The van der Waals surface area contributed by atoms with Crippen molar-refractivity contribution in [3.8, 4) is 0 Å². The summed E-state index contributed by atoms with van der Waals surface area (Å²) in [5, 5.41) is 3.42. The van der Waals surface area contributed by atoms with Crippen molar-refractivity contribution in [2.45, 2.75) is 13.3 Å². The molecule has 1 N–H and O–H groups in total. The predicted molar refractivity (Wildman–Crippen MR) is 89.5 cm³/mol. The largest absolute Gasteiger partial charge is 0.326 e. The quantitative estimate of drug-likeness (QED) is 0.941. The Hall–Kier alpha value is -2.40. The Morgan fingerprint density at radius 1 is 1.30 bits per heavy atom. The molecular weight excluding hydrogens is 314 g/mol. The number of aryl methyl sites for hydroxylation is 1. The van der Waals surface area contributed by atoms with Gasteiger partial charge in [-0.25, -0.2) is 0 Å². The first kappa shape index (κ1) is 15.5. The maximum Gasteiger partial charge on any atom is 0.229 e. The highest BCUT2D eigenvalue weighted by Crippen LogP contribution is 2.29. The van der Waals surface area contributed by atoms with E-state index >= 15 is 0 Å². The SMILES string of the molecule is Cc1ccc(N2CC(C(=O)Nc3ccncc3)CC2=O)cc1Cl. The number of carbonyl (C=O) groups excluding carboxylic acids is 2. The number of nitrogens with zero attached hydrogens (tertiary/aromatic N) is 2. The summed E-state index contributed by atoms with van der Waals surface area (Å²) in [6, 6.07) is 8.91. The van der Waals surface area contributed by atoms with Crippen LogP contribution in [-0.2, 0) is 9.59 Å². The molecule has 1 aliphatic rings. The van der Waals surface area contributed by atoms with Crippen LogP contribution in [0, 0.1) is 12.8 Å². The fourth-order valence-corrected chi connectivity index (χ4v) is 2.74. The summed E-state index contributed by atoms with van der Waals surface area (Å²) in [6.45, 7) is 2.26. The van der Waals surface area contributed by atoms with E-state index in [2.05, 4.69) is 10.3 Å². The molecule has 2 heterocycles. The molecule has 2 amide bonds. The van der Waals surface area contributed by atoms with Gasteiger partial charge in [0.1, 0.15) is 0 Å². The van der Waals surface area contributed by atoms with Crippen LogP contribution >= 0.6 is 11.6 Å². The first-order valence-corrected chi connectivity index (χ1v) is 7.70. The summed E-state index contributed by atoms with van der Waals surface area (Å²) in [7, 11) is 0. The van der Waals surface area contributed by atoms with Crippen molar-refractivity contribution in [3.63, 3.8) is 0 Å². The average molecular weight is 330 g/mol. The number of anilines is 2. The molecule has 1 saturated heterocycles. The third-order valence-corrected chi connectivity index (χ3v) is 4.32. The number of nitrogens with one attached hydrogen (secondary N) is 1. The zero-order chi connectivity index (χ0) is 16.4. The zero-order valence-corrected chi connectivity index (χ0v) is 13.4. The molecule has 118 valence electrons. The number of halogens is 1. The number of pyridine rings is 1. The van der Waals surface area contributed by atoms with Gasteiger partial charge in [0.05, 0.1) is 5.92 Å². The lowest BCUT2D eigenvalue weighted by molar-refractivity contribution is -0.122. The van der Waals surface area contributed by atoms with Crippen LogP contribution in [0.1, 0.15) is 12.0 Å². The second-order valence-electron chi connectivity index (χ2n) is 5.56. The summed E-state index contributed by atoms with van der Waals surface area (Å²) < 4.78 is 0. The Morgan fingerprint density at radius 2 is 2.04 bits per heavy atom. The smallest absolute Gasteiger partial charge is 0.229 e. The van der Waals surface area contributed by atoms with E-state index in [1.54, 1.807) is 35.5 Å². The van der Waals surface area contributed by atoms with Crippen molar-refractivity contribution in [2.24, 2.45) is 5.92 Å². The van der Waals surface area contributed by atoms with Gasteiger partial charge in [-0.15, -0.1) is 0 Å². The molecule has 1 unspecified atom stereocenters. The summed E-state index contributed by atoms with van der Waals surface area (Å²) in [6.07, 6.45) is 3.41. The molecule has 3 rings (SSSR count). The molecule has 0 radical (unpaired) electrons. The number of hydrogen-bond donors (Lipinski definition) is 1. The number of amides is 2. The van der Waals surface area contributed by atoms with Crippen LogP contribution in [0.2, 0.25) is 5.02 Å². The van der Waals surface area contributed by atoms with Gasteiger partial charge < -0.3 is 10.2 Å². The van der Waals surface area contributed by atoms with E-state index in [4.69, 9.17) is 11.6 Å². The van der Waals surface area contributed by atoms with Crippen molar-refractivity contribution >= 4 is 34.8 Å². The Labute approximate surface area is 139 Å². The van der Waals surface area contributed by atoms with E-state index in [9.17, 15) is 9.59 Å². The Morgan fingerprint density at radius 3 is 2.74 bits per heavy atom. The maximum atomic E-state index is 12.3. The van der Waals surface area contributed by atoms with Crippen molar-refractivity contribution in [1.82, 2.24) is 4.98 Å². The zero-order valence-electron chi connectivity index (χ0n) is 12.6. The number of hydrogen-bond acceptors (Lipinski definition) is 3. The molecule has 1 fully saturated rings. The van der Waals surface area contributed by atoms with Crippen molar-refractivity contribution in [3.05, 3.63) is 53.3 Å². The fourth-order valence-electron chi connectivity index (χ4n) is 2.56. The highest BCUT2D eigenvalue weighted by Gasteiger charge is 2.35. The van der Waals surface area contributed by atoms with Gasteiger partial charge in [-0.2, -0.15) is 0 Å². The molecule has 6 heteroatoms. The standard InChI is InChI=1S/C17H16ClN3O2/c1-11-2-3-14(9-15(11)18)21-10-12(8-16(21)22)17(23)20-13-4-6-19-7-5-13/h2-7,9,12H,8,10H2,1H3,(H,19,20,23). The summed E-state index contributed by atoms with van der Waals surface area (Å²) in [5.41, 5.74) is 2.35. The first-order valence-electron chi connectivity index (χ1n) is 7.32. The molecule has 0 bridgehead atoms. The lowest BCUT2D eigenvalue weighted by Gasteiger charge is -2.17. The predicted octanol–water partition coefficient (Wildman–Crippen LogP) is 3.04. The molecule has 0 saturated carbocycles. The Balaban J connectivity index is 1.71. The Bertz CT molecular complexity index is 749. The van der Waals surface area contributed by atoms with Crippen LogP contribution in [0.4, 0.5) is 11.4 Å². The topological polar surface area (TPSA) is 62.3 Å². The molecule has 1 aliphatic heterocycles. The third kappa shape index (κ3) is 3.35. The minimum absolute atomic E-state index is 0.0696. The second-order valence-corrected chi connectivity index (χ2v) is 5.97. The summed E-state index contributed by atoms with van der Waals surface area (Å²) in [4.78, 5) is 30.1. The fraction of sp³-hybridized carbons (Fsp3) is 0.235. The molecule has 2 aromatic rings. The van der Waals surface area contributed by atoms with Gasteiger partial charge in [0, 0.05) is 41.8 Å². The molecule has 1 aromatic heterocycles. The summed E-state index contributed by atoms with van der Waals surface area (Å²) >= 11 is 6.12. The average Bonchev–Trinajstić information content (AvgIpc) is 2.93. The highest BCUT2D eigenvalue weighted by molar-refractivity contribution is 6.31. The molecule has 5 nitrogen and oxygen atoms in total. The number of aromatic nitrogens is 1. The van der Waals surface area contributed by atoms with E-state index in [-0.39, 0.29) is 24.2 Å². The van der Waals surface area contributed by atoms with Crippen LogP contribution < -0.4 is 10.2 Å². The third-order valence-electron chi connectivity index (χ3n) is 3.91. The van der Waals surface area contributed by atoms with Crippen molar-refractivity contribution in [1.29, 1.82) is 0 Å². The van der Waals surface area contributed by atoms with Gasteiger partial charge in [-0.05, 0) is 36.8 Å². The van der Waals surface area contributed by atoms with E-state index < -0.39 is 0 Å². The van der Waals surface area contributed by atoms with Crippen molar-refractivity contribution in [2.75, 3.05) is 16.8 Å². The molecule has 1 atom stereocenters. The van der Waals surface area contributed by atoms with E-state index in [1.165, 1.54) is 0 Å². The molecular formula is C17H16ClN3O2. The lowest BCUT2D eigenvalue weighted by Crippen LogP contribution is -2.28. The van der Waals surface area contributed by atoms with Gasteiger partial charge in [-0.1, -0.05) is 17.7 Å². The van der Waals surface area contributed by atoms with E-state index in [1.807, 2.05) is 19.1 Å². The highest BCUT2D eigenvalue weighted by atomic mass is 35.5. The number of carbonyl (C=O) groups is 2. The van der Waals surface area contributed by atoms with Gasteiger partial charge in [-0.3, -0.25) is 14.6 Å². The van der Waals surface area contributed by atoms with E-state index in [0.29, 0.717) is 17.3 Å². The van der Waals surface area contributed by atoms with Gasteiger partial charge in [0.2, 0.25) is 11.8 Å².